The fraction of sp³-hybridized carbons (Fsp3) is 0.111. The minimum Gasteiger partial charge on any atom is -0.387 e. The molecule has 0 fully saturated rings. The summed E-state index contributed by atoms with van der Waals surface area (Å²) in [6.07, 6.45) is 0.611. The highest BCUT2D eigenvalue weighted by Gasteiger charge is 2.16. The molecule has 0 spiro atoms. The zero-order valence-corrected chi connectivity index (χ0v) is 12.7. The van der Waals surface area contributed by atoms with Crippen molar-refractivity contribution in [1.29, 1.82) is 0 Å². The van der Waals surface area contributed by atoms with Crippen molar-refractivity contribution >= 4 is 5.91 Å². The molecule has 0 saturated heterocycles. The van der Waals surface area contributed by atoms with Crippen LogP contribution in [0.5, 0.6) is 0 Å². The Labute approximate surface area is 138 Å². The fourth-order valence-corrected chi connectivity index (χ4v) is 2.37. The van der Waals surface area contributed by atoms with E-state index >= 15 is 0 Å². The van der Waals surface area contributed by atoms with Gasteiger partial charge in [0.05, 0.1) is 23.6 Å². The number of amides is 1. The summed E-state index contributed by atoms with van der Waals surface area (Å²) in [5.74, 6) is -0.715. The maximum atomic E-state index is 13.0. The van der Waals surface area contributed by atoms with Crippen molar-refractivity contribution in [3.63, 3.8) is 0 Å². The molecule has 0 radical (unpaired) electrons. The monoisotopic (exact) mass is 325 g/mol. The molecule has 0 bridgehead atoms. The molecule has 5 nitrogen and oxygen atoms in total. The zero-order valence-electron chi connectivity index (χ0n) is 12.7. The number of carbonyl (C=O) groups is 1. The van der Waals surface area contributed by atoms with E-state index in [-0.39, 0.29) is 18.3 Å². The van der Waals surface area contributed by atoms with Crippen LogP contribution >= 0.6 is 0 Å². The van der Waals surface area contributed by atoms with Crippen molar-refractivity contribution in [1.82, 2.24) is 15.5 Å². The Morgan fingerprint density at radius 3 is 2.58 bits per heavy atom. The van der Waals surface area contributed by atoms with Gasteiger partial charge in [-0.3, -0.25) is 9.89 Å². The first-order chi connectivity index (χ1) is 11.6. The van der Waals surface area contributed by atoms with E-state index in [0.29, 0.717) is 16.8 Å². The molecule has 2 aromatic carbocycles. The highest BCUT2D eigenvalue weighted by Crippen LogP contribution is 2.21. The van der Waals surface area contributed by atoms with E-state index < -0.39 is 6.10 Å². The fourth-order valence-electron chi connectivity index (χ4n) is 2.37. The van der Waals surface area contributed by atoms with Crippen LogP contribution in [-0.4, -0.2) is 27.8 Å². The predicted molar refractivity (Wildman–Crippen MR) is 87.7 cm³/mol. The lowest BCUT2D eigenvalue weighted by Gasteiger charge is -2.12. The topological polar surface area (TPSA) is 78.0 Å². The lowest BCUT2D eigenvalue weighted by Crippen LogP contribution is -2.28. The van der Waals surface area contributed by atoms with Crippen molar-refractivity contribution in [3.8, 4) is 11.3 Å². The quantitative estimate of drug-likeness (QED) is 0.675. The highest BCUT2D eigenvalue weighted by atomic mass is 19.1. The van der Waals surface area contributed by atoms with E-state index in [9.17, 15) is 14.3 Å². The first-order valence-electron chi connectivity index (χ1n) is 7.45. The second-order valence-corrected chi connectivity index (χ2v) is 5.30. The SMILES string of the molecule is O=C(NC[C@H](O)c1ccccc1)c1cn[nH]c1-c1ccc(F)cc1. The molecule has 0 aliphatic carbocycles. The lowest BCUT2D eigenvalue weighted by atomic mass is 10.1. The molecule has 3 rings (SSSR count). The largest absolute Gasteiger partial charge is 0.387 e. The van der Waals surface area contributed by atoms with Crippen LogP contribution in [0.1, 0.15) is 22.0 Å². The number of hydrogen-bond donors (Lipinski definition) is 3. The molecule has 0 aliphatic heterocycles. The van der Waals surface area contributed by atoms with Gasteiger partial charge in [0.15, 0.2) is 0 Å². The number of H-pyrrole nitrogens is 1. The number of aliphatic hydroxyl groups is 1. The summed E-state index contributed by atoms with van der Waals surface area (Å²) in [5, 5.41) is 19.4. The van der Waals surface area contributed by atoms with Gasteiger partial charge in [-0.2, -0.15) is 5.10 Å². The van der Waals surface area contributed by atoms with Gasteiger partial charge in [-0.25, -0.2) is 4.39 Å². The molecule has 0 saturated carbocycles. The molecular formula is C18H16FN3O2. The van der Waals surface area contributed by atoms with Crippen LogP contribution in [0.4, 0.5) is 4.39 Å². The van der Waals surface area contributed by atoms with Crippen molar-refractivity contribution < 1.29 is 14.3 Å². The molecular weight excluding hydrogens is 309 g/mol. The van der Waals surface area contributed by atoms with Crippen LogP contribution < -0.4 is 5.32 Å². The number of aromatic amines is 1. The maximum absolute atomic E-state index is 13.0. The molecule has 0 unspecified atom stereocenters. The van der Waals surface area contributed by atoms with E-state index in [1.165, 1.54) is 18.3 Å². The first-order valence-corrected chi connectivity index (χ1v) is 7.45. The molecule has 24 heavy (non-hydrogen) atoms. The van der Waals surface area contributed by atoms with Gasteiger partial charge in [0, 0.05) is 12.1 Å². The Hall–Kier alpha value is -2.99. The van der Waals surface area contributed by atoms with Gasteiger partial charge in [0.25, 0.3) is 5.91 Å². The Morgan fingerprint density at radius 2 is 1.88 bits per heavy atom. The number of carbonyl (C=O) groups excluding carboxylic acids is 1. The summed E-state index contributed by atoms with van der Waals surface area (Å²) in [5.41, 5.74) is 2.22. The van der Waals surface area contributed by atoms with Gasteiger partial charge in [-0.05, 0) is 29.8 Å². The van der Waals surface area contributed by atoms with Crippen LogP contribution in [0.25, 0.3) is 11.3 Å². The maximum Gasteiger partial charge on any atom is 0.255 e. The minimum atomic E-state index is -0.795. The summed E-state index contributed by atoms with van der Waals surface area (Å²) in [4.78, 5) is 12.3. The van der Waals surface area contributed by atoms with Crippen molar-refractivity contribution in [2.24, 2.45) is 0 Å². The number of halogens is 1. The number of hydrogen-bond acceptors (Lipinski definition) is 3. The van der Waals surface area contributed by atoms with Gasteiger partial charge in [-0.1, -0.05) is 30.3 Å². The molecule has 1 heterocycles. The third-order valence-electron chi connectivity index (χ3n) is 3.66. The summed E-state index contributed by atoms with van der Waals surface area (Å²) in [6, 6.07) is 14.9. The summed E-state index contributed by atoms with van der Waals surface area (Å²) in [6.45, 7) is 0.0802. The number of aromatic nitrogens is 2. The minimum absolute atomic E-state index is 0.0802. The Balaban J connectivity index is 1.70. The van der Waals surface area contributed by atoms with E-state index in [1.54, 1.807) is 24.3 Å². The molecule has 122 valence electrons. The van der Waals surface area contributed by atoms with Crippen molar-refractivity contribution in [2.75, 3.05) is 6.54 Å². The first kappa shape index (κ1) is 15.9. The molecule has 6 heteroatoms. The lowest BCUT2D eigenvalue weighted by molar-refractivity contribution is 0.0917. The number of rotatable bonds is 5. The Kier molecular flexibility index (Phi) is 4.67. The van der Waals surface area contributed by atoms with E-state index in [4.69, 9.17) is 0 Å². The molecule has 1 aromatic heterocycles. The third-order valence-corrected chi connectivity index (χ3v) is 3.66. The second kappa shape index (κ2) is 7.06. The molecule has 0 aliphatic rings. The van der Waals surface area contributed by atoms with Crippen LogP contribution in [0.3, 0.4) is 0 Å². The molecule has 3 aromatic rings. The molecule has 3 N–H and O–H groups in total. The number of benzene rings is 2. The van der Waals surface area contributed by atoms with Crippen LogP contribution in [0.15, 0.2) is 60.8 Å². The van der Waals surface area contributed by atoms with Crippen LogP contribution in [0, 0.1) is 5.82 Å². The number of aliphatic hydroxyl groups excluding tert-OH is 1. The van der Waals surface area contributed by atoms with Gasteiger partial charge in [0.2, 0.25) is 0 Å². The van der Waals surface area contributed by atoms with Crippen molar-refractivity contribution in [2.45, 2.75) is 6.10 Å². The summed E-state index contributed by atoms with van der Waals surface area (Å²) in [7, 11) is 0. The average molecular weight is 325 g/mol. The number of nitrogens with zero attached hydrogens (tertiary/aromatic N) is 1. The smallest absolute Gasteiger partial charge is 0.255 e. The van der Waals surface area contributed by atoms with E-state index in [0.717, 1.165) is 5.56 Å². The van der Waals surface area contributed by atoms with Crippen molar-refractivity contribution in [3.05, 3.63) is 77.7 Å². The van der Waals surface area contributed by atoms with Gasteiger partial charge < -0.3 is 10.4 Å². The van der Waals surface area contributed by atoms with E-state index in [1.807, 2.05) is 18.2 Å². The summed E-state index contributed by atoms with van der Waals surface area (Å²) < 4.78 is 13.0. The second-order valence-electron chi connectivity index (χ2n) is 5.30. The molecule has 1 atom stereocenters. The Bertz CT molecular complexity index is 816. The van der Waals surface area contributed by atoms with Gasteiger partial charge >= 0.3 is 0 Å². The average Bonchev–Trinajstić information content (AvgIpc) is 3.10. The van der Waals surface area contributed by atoms with Gasteiger partial charge in [-0.15, -0.1) is 0 Å². The third kappa shape index (κ3) is 3.49. The highest BCUT2D eigenvalue weighted by molar-refractivity contribution is 5.99. The van der Waals surface area contributed by atoms with Crippen LogP contribution in [-0.2, 0) is 0 Å². The van der Waals surface area contributed by atoms with E-state index in [2.05, 4.69) is 15.5 Å². The van der Waals surface area contributed by atoms with Gasteiger partial charge in [0.1, 0.15) is 5.82 Å². The number of nitrogens with one attached hydrogen (secondary N) is 2. The Morgan fingerprint density at radius 1 is 1.17 bits per heavy atom. The normalized spacial score (nSPS) is 11.9. The summed E-state index contributed by atoms with van der Waals surface area (Å²) >= 11 is 0. The standard InChI is InChI=1S/C18H16FN3O2/c19-14-8-6-13(7-9-14)17-15(10-21-22-17)18(24)20-11-16(23)12-4-2-1-3-5-12/h1-10,16,23H,11H2,(H,20,24)(H,21,22)/t16-/m0/s1. The molecule has 1 amide bonds. The zero-order chi connectivity index (χ0) is 16.9. The van der Waals surface area contributed by atoms with Crippen LogP contribution in [0.2, 0.25) is 0 Å². The predicted octanol–water partition coefficient (Wildman–Crippen LogP) is 2.68.